The maximum Gasteiger partial charge on any atom is 0.123 e. The van der Waals surface area contributed by atoms with Crippen LogP contribution in [0.5, 0.6) is 5.75 Å². The molecule has 2 nitrogen and oxygen atoms in total. The van der Waals surface area contributed by atoms with Gasteiger partial charge in [-0.15, -0.1) is 0 Å². The second kappa shape index (κ2) is 5.54. The van der Waals surface area contributed by atoms with E-state index in [1.807, 2.05) is 50.2 Å². The number of aromatic hydroxyl groups is 1. The van der Waals surface area contributed by atoms with Crippen LogP contribution in [0.15, 0.2) is 36.4 Å². The standard InChI is InChI=1S/C16H18ClNO/c1-10-4-9-15(11(2)16(10)19)18-12(3)13-5-7-14(17)8-6-13/h4-9,12,18-19H,1-3H3. The monoisotopic (exact) mass is 275 g/mol. The zero-order valence-electron chi connectivity index (χ0n) is 11.4. The molecule has 100 valence electrons. The van der Waals surface area contributed by atoms with Crippen molar-refractivity contribution in [2.75, 3.05) is 5.32 Å². The van der Waals surface area contributed by atoms with Crippen molar-refractivity contribution < 1.29 is 5.11 Å². The molecule has 2 rings (SSSR count). The number of hydrogen-bond donors (Lipinski definition) is 2. The highest BCUT2D eigenvalue weighted by Gasteiger charge is 2.10. The van der Waals surface area contributed by atoms with Crippen molar-refractivity contribution in [2.45, 2.75) is 26.8 Å². The molecule has 1 unspecified atom stereocenters. The highest BCUT2D eigenvalue weighted by atomic mass is 35.5. The first-order chi connectivity index (χ1) is 8.99. The normalized spacial score (nSPS) is 12.2. The number of phenols is 1. The van der Waals surface area contributed by atoms with Crippen LogP contribution in [0.25, 0.3) is 0 Å². The van der Waals surface area contributed by atoms with E-state index < -0.39 is 0 Å². The maximum absolute atomic E-state index is 9.95. The number of anilines is 1. The molecule has 0 radical (unpaired) electrons. The lowest BCUT2D eigenvalue weighted by Crippen LogP contribution is -2.07. The average molecular weight is 276 g/mol. The zero-order chi connectivity index (χ0) is 14.0. The number of hydrogen-bond acceptors (Lipinski definition) is 2. The van der Waals surface area contributed by atoms with Crippen molar-refractivity contribution in [1.82, 2.24) is 0 Å². The van der Waals surface area contributed by atoms with Gasteiger partial charge in [0.25, 0.3) is 0 Å². The van der Waals surface area contributed by atoms with Crippen molar-refractivity contribution in [2.24, 2.45) is 0 Å². The van der Waals surface area contributed by atoms with Crippen LogP contribution < -0.4 is 5.32 Å². The molecule has 0 aliphatic rings. The molecule has 1 atom stereocenters. The van der Waals surface area contributed by atoms with Crippen LogP contribution in [0.2, 0.25) is 5.02 Å². The van der Waals surface area contributed by atoms with Crippen molar-refractivity contribution in [1.29, 1.82) is 0 Å². The summed E-state index contributed by atoms with van der Waals surface area (Å²) in [5, 5.41) is 14.1. The molecular weight excluding hydrogens is 258 g/mol. The number of rotatable bonds is 3. The maximum atomic E-state index is 9.95. The number of nitrogens with one attached hydrogen (secondary N) is 1. The number of phenolic OH excluding ortho intramolecular Hbond substituents is 1. The first kappa shape index (κ1) is 13.8. The average Bonchev–Trinajstić information content (AvgIpc) is 2.40. The van der Waals surface area contributed by atoms with Gasteiger partial charge in [-0.05, 0) is 50.1 Å². The van der Waals surface area contributed by atoms with Crippen LogP contribution in [-0.2, 0) is 0 Å². The summed E-state index contributed by atoms with van der Waals surface area (Å²) in [6.07, 6.45) is 0. The van der Waals surface area contributed by atoms with E-state index >= 15 is 0 Å². The molecule has 2 aromatic carbocycles. The van der Waals surface area contributed by atoms with E-state index in [9.17, 15) is 5.11 Å². The van der Waals surface area contributed by atoms with Gasteiger partial charge in [0, 0.05) is 22.3 Å². The Morgan fingerprint density at radius 3 is 2.32 bits per heavy atom. The van der Waals surface area contributed by atoms with Gasteiger partial charge in [-0.1, -0.05) is 29.8 Å². The molecule has 0 fully saturated rings. The van der Waals surface area contributed by atoms with Gasteiger partial charge in [-0.3, -0.25) is 0 Å². The fourth-order valence-electron chi connectivity index (χ4n) is 2.06. The molecular formula is C16H18ClNO. The summed E-state index contributed by atoms with van der Waals surface area (Å²) in [5.74, 6) is 0.355. The summed E-state index contributed by atoms with van der Waals surface area (Å²) in [5.41, 5.74) is 3.87. The first-order valence-electron chi connectivity index (χ1n) is 6.30. The van der Waals surface area contributed by atoms with Crippen molar-refractivity contribution in [3.05, 3.63) is 58.1 Å². The van der Waals surface area contributed by atoms with E-state index in [0.29, 0.717) is 5.75 Å². The van der Waals surface area contributed by atoms with Gasteiger partial charge in [0.2, 0.25) is 0 Å². The number of aryl methyl sites for hydroxylation is 1. The lowest BCUT2D eigenvalue weighted by atomic mass is 10.1. The third-order valence-corrected chi connectivity index (χ3v) is 3.63. The Labute approximate surface area is 119 Å². The SMILES string of the molecule is Cc1ccc(NC(C)c2ccc(Cl)cc2)c(C)c1O. The Hall–Kier alpha value is -1.67. The molecule has 0 saturated carbocycles. The smallest absolute Gasteiger partial charge is 0.123 e. The Bertz CT molecular complexity index is 578. The van der Waals surface area contributed by atoms with Crippen LogP contribution in [0.4, 0.5) is 5.69 Å². The van der Waals surface area contributed by atoms with Gasteiger partial charge in [-0.25, -0.2) is 0 Å². The fourth-order valence-corrected chi connectivity index (χ4v) is 2.19. The Morgan fingerprint density at radius 2 is 1.68 bits per heavy atom. The van der Waals surface area contributed by atoms with Gasteiger partial charge in [-0.2, -0.15) is 0 Å². The Kier molecular flexibility index (Phi) is 4.01. The summed E-state index contributed by atoms with van der Waals surface area (Å²) < 4.78 is 0. The molecule has 0 heterocycles. The minimum Gasteiger partial charge on any atom is -0.507 e. The van der Waals surface area contributed by atoms with Crippen molar-refractivity contribution in [3.63, 3.8) is 0 Å². The fraction of sp³-hybridized carbons (Fsp3) is 0.250. The molecule has 0 aliphatic carbocycles. The predicted molar refractivity (Wildman–Crippen MR) is 81.1 cm³/mol. The molecule has 0 saturated heterocycles. The minimum absolute atomic E-state index is 0.151. The quantitative estimate of drug-likeness (QED) is 0.840. The number of halogens is 1. The topological polar surface area (TPSA) is 32.3 Å². The van der Waals surface area contributed by atoms with E-state index in [1.165, 1.54) is 0 Å². The van der Waals surface area contributed by atoms with E-state index in [0.717, 1.165) is 27.4 Å². The van der Waals surface area contributed by atoms with Gasteiger partial charge in [0.05, 0.1) is 0 Å². The highest BCUT2D eigenvalue weighted by molar-refractivity contribution is 6.30. The van der Waals surface area contributed by atoms with E-state index in [-0.39, 0.29) is 6.04 Å². The molecule has 0 aliphatic heterocycles. The molecule has 2 N–H and O–H groups in total. The molecule has 0 aromatic heterocycles. The second-order valence-electron chi connectivity index (χ2n) is 4.82. The largest absolute Gasteiger partial charge is 0.507 e. The summed E-state index contributed by atoms with van der Waals surface area (Å²) in [6.45, 7) is 5.90. The second-order valence-corrected chi connectivity index (χ2v) is 5.26. The van der Waals surface area contributed by atoms with E-state index in [1.54, 1.807) is 0 Å². The van der Waals surface area contributed by atoms with Gasteiger partial charge >= 0.3 is 0 Å². The predicted octanol–water partition coefficient (Wildman–Crippen LogP) is 4.84. The van der Waals surface area contributed by atoms with Crippen LogP contribution in [0.1, 0.15) is 29.7 Å². The summed E-state index contributed by atoms with van der Waals surface area (Å²) in [7, 11) is 0. The zero-order valence-corrected chi connectivity index (χ0v) is 12.1. The molecule has 0 spiro atoms. The summed E-state index contributed by atoms with van der Waals surface area (Å²) in [6, 6.07) is 11.8. The first-order valence-corrected chi connectivity index (χ1v) is 6.68. The van der Waals surface area contributed by atoms with Crippen LogP contribution in [0.3, 0.4) is 0 Å². The van der Waals surface area contributed by atoms with Crippen molar-refractivity contribution in [3.8, 4) is 5.75 Å². The van der Waals surface area contributed by atoms with Gasteiger partial charge in [0.15, 0.2) is 0 Å². The lowest BCUT2D eigenvalue weighted by Gasteiger charge is -2.18. The third kappa shape index (κ3) is 3.02. The molecule has 0 bridgehead atoms. The van der Waals surface area contributed by atoms with Crippen LogP contribution in [0, 0.1) is 13.8 Å². The highest BCUT2D eigenvalue weighted by Crippen LogP contribution is 2.30. The van der Waals surface area contributed by atoms with E-state index in [2.05, 4.69) is 12.2 Å². The van der Waals surface area contributed by atoms with Gasteiger partial charge in [0.1, 0.15) is 5.75 Å². The van der Waals surface area contributed by atoms with Crippen molar-refractivity contribution >= 4 is 17.3 Å². The Morgan fingerprint density at radius 1 is 1.05 bits per heavy atom. The Balaban J connectivity index is 2.21. The van der Waals surface area contributed by atoms with E-state index in [4.69, 9.17) is 11.6 Å². The van der Waals surface area contributed by atoms with Gasteiger partial charge < -0.3 is 10.4 Å². The third-order valence-electron chi connectivity index (χ3n) is 3.37. The molecule has 19 heavy (non-hydrogen) atoms. The molecule has 3 heteroatoms. The summed E-state index contributed by atoms with van der Waals surface area (Å²) >= 11 is 5.89. The lowest BCUT2D eigenvalue weighted by molar-refractivity contribution is 0.467. The molecule has 0 amide bonds. The number of benzene rings is 2. The molecule has 2 aromatic rings. The minimum atomic E-state index is 0.151. The van der Waals surface area contributed by atoms with Crippen LogP contribution in [-0.4, -0.2) is 5.11 Å². The van der Waals surface area contributed by atoms with Crippen LogP contribution >= 0.6 is 11.6 Å². The summed E-state index contributed by atoms with van der Waals surface area (Å²) in [4.78, 5) is 0.